The first-order valence-corrected chi connectivity index (χ1v) is 7.29. The first-order chi connectivity index (χ1) is 8.66. The largest absolute Gasteiger partial charge is 0.330 e. The van der Waals surface area contributed by atoms with Gasteiger partial charge >= 0.3 is 0 Å². The molecule has 1 aliphatic heterocycles. The van der Waals surface area contributed by atoms with Gasteiger partial charge in [-0.3, -0.25) is 0 Å². The smallest absolute Gasteiger partial charge is 0.114 e. The Kier molecular flexibility index (Phi) is 3.16. The summed E-state index contributed by atoms with van der Waals surface area (Å²) in [6.45, 7) is 4.30. The lowest BCUT2D eigenvalue weighted by Crippen LogP contribution is -2.29. The third-order valence-corrected chi connectivity index (χ3v) is 4.37. The van der Waals surface area contributed by atoms with Gasteiger partial charge in [0.15, 0.2) is 0 Å². The van der Waals surface area contributed by atoms with Crippen LogP contribution in [-0.2, 0) is 7.05 Å². The molecule has 0 saturated carbocycles. The van der Waals surface area contributed by atoms with Crippen LogP contribution in [0.2, 0.25) is 0 Å². The van der Waals surface area contributed by atoms with Crippen LogP contribution in [0.4, 0.5) is 0 Å². The van der Waals surface area contributed by atoms with Crippen molar-refractivity contribution in [2.24, 2.45) is 7.05 Å². The van der Waals surface area contributed by atoms with Gasteiger partial charge in [-0.25, -0.2) is 4.98 Å². The van der Waals surface area contributed by atoms with E-state index in [0.29, 0.717) is 5.92 Å². The number of imidazole rings is 1. The average Bonchev–Trinajstić information content (AvgIpc) is 2.67. The Hall–Kier alpha value is -0.870. The molecule has 0 bridgehead atoms. The second kappa shape index (κ2) is 4.67. The third kappa shape index (κ3) is 1.97. The molecule has 1 N–H and O–H groups in total. The first-order valence-electron chi connectivity index (χ1n) is 6.50. The lowest BCUT2D eigenvalue weighted by molar-refractivity contribution is 0.440. The summed E-state index contributed by atoms with van der Waals surface area (Å²) < 4.78 is 3.39. The summed E-state index contributed by atoms with van der Waals surface area (Å²) in [6, 6.07) is 4.33. The van der Waals surface area contributed by atoms with Gasteiger partial charge in [-0.05, 0) is 59.9 Å². The van der Waals surface area contributed by atoms with E-state index >= 15 is 0 Å². The molecule has 0 amide bonds. The van der Waals surface area contributed by atoms with Crippen molar-refractivity contribution >= 4 is 27.0 Å². The summed E-state index contributed by atoms with van der Waals surface area (Å²) in [4.78, 5) is 4.85. The van der Waals surface area contributed by atoms with Crippen LogP contribution in [0.25, 0.3) is 11.0 Å². The van der Waals surface area contributed by atoms with E-state index in [9.17, 15) is 0 Å². The van der Waals surface area contributed by atoms with E-state index in [2.05, 4.69) is 51.9 Å². The van der Waals surface area contributed by atoms with Crippen molar-refractivity contribution in [1.82, 2.24) is 14.9 Å². The van der Waals surface area contributed by atoms with Gasteiger partial charge in [0.2, 0.25) is 0 Å². The Morgan fingerprint density at radius 3 is 3.00 bits per heavy atom. The van der Waals surface area contributed by atoms with Gasteiger partial charge in [-0.15, -0.1) is 0 Å². The fourth-order valence-corrected chi connectivity index (χ4v) is 3.71. The average molecular weight is 308 g/mol. The molecule has 4 heteroatoms. The van der Waals surface area contributed by atoms with Gasteiger partial charge < -0.3 is 9.88 Å². The summed E-state index contributed by atoms with van der Waals surface area (Å²) in [5.41, 5.74) is 3.56. The maximum Gasteiger partial charge on any atom is 0.114 e. The molecule has 1 unspecified atom stereocenters. The van der Waals surface area contributed by atoms with Crippen LogP contribution in [0, 0.1) is 6.92 Å². The standard InChI is InChI=1S/C14H18BrN3/c1-9-6-11(15)13-12(7-9)17-14(18(13)2)10-4-3-5-16-8-10/h6-7,10,16H,3-5,8H2,1-2H3. The summed E-state index contributed by atoms with van der Waals surface area (Å²) in [5.74, 6) is 1.76. The lowest BCUT2D eigenvalue weighted by Gasteiger charge is -2.22. The van der Waals surface area contributed by atoms with Crippen LogP contribution in [0.1, 0.15) is 30.1 Å². The fourth-order valence-electron chi connectivity index (χ4n) is 2.88. The molecule has 0 radical (unpaired) electrons. The molecule has 0 spiro atoms. The Bertz CT molecular complexity index is 582. The predicted octanol–water partition coefficient (Wildman–Crippen LogP) is 3.11. The van der Waals surface area contributed by atoms with E-state index in [1.807, 2.05) is 0 Å². The molecule has 1 saturated heterocycles. The van der Waals surface area contributed by atoms with Gasteiger partial charge in [0.25, 0.3) is 0 Å². The van der Waals surface area contributed by atoms with Crippen LogP contribution in [0.15, 0.2) is 16.6 Å². The molecule has 1 atom stereocenters. The molecular weight excluding hydrogens is 290 g/mol. The molecule has 2 heterocycles. The minimum absolute atomic E-state index is 0.545. The van der Waals surface area contributed by atoms with Crippen molar-refractivity contribution in [1.29, 1.82) is 0 Å². The number of hydrogen-bond acceptors (Lipinski definition) is 2. The molecule has 96 valence electrons. The minimum atomic E-state index is 0.545. The highest BCUT2D eigenvalue weighted by molar-refractivity contribution is 9.10. The van der Waals surface area contributed by atoms with Crippen molar-refractivity contribution in [2.45, 2.75) is 25.7 Å². The zero-order valence-electron chi connectivity index (χ0n) is 10.8. The first kappa shape index (κ1) is 12.2. The highest BCUT2D eigenvalue weighted by atomic mass is 79.9. The van der Waals surface area contributed by atoms with Gasteiger partial charge in [0.1, 0.15) is 5.82 Å². The van der Waals surface area contributed by atoms with Crippen molar-refractivity contribution < 1.29 is 0 Å². The quantitative estimate of drug-likeness (QED) is 0.877. The van der Waals surface area contributed by atoms with Gasteiger partial charge in [-0.2, -0.15) is 0 Å². The molecule has 0 aliphatic carbocycles. The van der Waals surface area contributed by atoms with Crippen molar-refractivity contribution in [3.8, 4) is 0 Å². The Labute approximate surface area is 116 Å². The van der Waals surface area contributed by atoms with E-state index in [4.69, 9.17) is 4.98 Å². The SMILES string of the molecule is Cc1cc(Br)c2c(c1)nc(C1CCCNC1)n2C. The highest BCUT2D eigenvalue weighted by Crippen LogP contribution is 2.30. The van der Waals surface area contributed by atoms with E-state index in [-0.39, 0.29) is 0 Å². The zero-order chi connectivity index (χ0) is 12.7. The second-order valence-corrected chi connectivity index (χ2v) is 6.04. The summed E-state index contributed by atoms with van der Waals surface area (Å²) in [7, 11) is 2.12. The summed E-state index contributed by atoms with van der Waals surface area (Å²) >= 11 is 3.66. The number of aromatic nitrogens is 2. The van der Waals surface area contributed by atoms with Crippen LogP contribution >= 0.6 is 15.9 Å². The molecule has 1 aromatic carbocycles. The van der Waals surface area contributed by atoms with Crippen LogP contribution in [-0.4, -0.2) is 22.6 Å². The van der Waals surface area contributed by atoms with E-state index in [1.54, 1.807) is 0 Å². The number of benzene rings is 1. The number of piperidine rings is 1. The monoisotopic (exact) mass is 307 g/mol. The molecule has 1 aliphatic rings. The maximum atomic E-state index is 4.85. The molecule has 1 fully saturated rings. The number of aryl methyl sites for hydroxylation is 2. The lowest BCUT2D eigenvalue weighted by atomic mass is 9.99. The Morgan fingerprint density at radius 1 is 1.44 bits per heavy atom. The zero-order valence-corrected chi connectivity index (χ0v) is 12.4. The van der Waals surface area contributed by atoms with Crippen molar-refractivity contribution in [2.75, 3.05) is 13.1 Å². The highest BCUT2D eigenvalue weighted by Gasteiger charge is 2.21. The molecule has 2 aromatic rings. The van der Waals surface area contributed by atoms with Crippen LogP contribution in [0.3, 0.4) is 0 Å². The number of nitrogens with zero attached hydrogens (tertiary/aromatic N) is 2. The molecular formula is C14H18BrN3. The number of hydrogen-bond donors (Lipinski definition) is 1. The van der Waals surface area contributed by atoms with E-state index in [1.165, 1.54) is 29.7 Å². The van der Waals surface area contributed by atoms with Crippen molar-refractivity contribution in [3.05, 3.63) is 28.0 Å². The summed E-state index contributed by atoms with van der Waals surface area (Å²) in [6.07, 6.45) is 2.48. The van der Waals surface area contributed by atoms with Gasteiger partial charge in [0.05, 0.1) is 11.0 Å². The predicted molar refractivity (Wildman–Crippen MR) is 78.0 cm³/mol. The fraction of sp³-hybridized carbons (Fsp3) is 0.500. The normalized spacial score (nSPS) is 20.5. The Balaban J connectivity index is 2.13. The molecule has 1 aromatic heterocycles. The number of fused-ring (bicyclic) bond motifs is 1. The Morgan fingerprint density at radius 2 is 2.28 bits per heavy atom. The molecule has 3 rings (SSSR count). The van der Waals surface area contributed by atoms with Gasteiger partial charge in [-0.1, -0.05) is 0 Å². The molecule has 18 heavy (non-hydrogen) atoms. The van der Waals surface area contributed by atoms with Crippen LogP contribution < -0.4 is 5.32 Å². The number of halogens is 1. The summed E-state index contributed by atoms with van der Waals surface area (Å²) in [5, 5.41) is 3.47. The number of nitrogens with one attached hydrogen (secondary N) is 1. The van der Waals surface area contributed by atoms with E-state index < -0.39 is 0 Å². The molecule has 3 nitrogen and oxygen atoms in total. The van der Waals surface area contributed by atoms with E-state index in [0.717, 1.165) is 23.1 Å². The van der Waals surface area contributed by atoms with Crippen LogP contribution in [0.5, 0.6) is 0 Å². The number of rotatable bonds is 1. The third-order valence-electron chi connectivity index (χ3n) is 3.76. The van der Waals surface area contributed by atoms with Gasteiger partial charge in [0, 0.05) is 24.0 Å². The minimum Gasteiger partial charge on any atom is -0.330 e. The second-order valence-electron chi connectivity index (χ2n) is 5.19. The van der Waals surface area contributed by atoms with Crippen molar-refractivity contribution in [3.63, 3.8) is 0 Å². The maximum absolute atomic E-state index is 4.85. The topological polar surface area (TPSA) is 29.9 Å².